The van der Waals surface area contributed by atoms with Crippen molar-refractivity contribution in [3.05, 3.63) is 33.4 Å². The molecule has 0 aromatic heterocycles. The predicted molar refractivity (Wildman–Crippen MR) is 47.8 cm³/mol. The number of isocyanates is 1. The predicted octanol–water partition coefficient (Wildman–Crippen LogP) is 1.54. The average Bonchev–Trinajstić information content (AvgIpc) is 2.24. The quantitative estimate of drug-likeness (QED) is 0.375. The van der Waals surface area contributed by atoms with Gasteiger partial charge in [0.2, 0.25) is 6.08 Å². The van der Waals surface area contributed by atoms with E-state index in [0.29, 0.717) is 0 Å². The van der Waals surface area contributed by atoms with Crippen LogP contribution in [0.5, 0.6) is 0 Å². The van der Waals surface area contributed by atoms with E-state index >= 15 is 0 Å². The molecule has 0 radical (unpaired) electrons. The van der Waals surface area contributed by atoms with Gasteiger partial charge in [-0.15, -0.1) is 0 Å². The fourth-order valence-electron chi connectivity index (χ4n) is 1.05. The van der Waals surface area contributed by atoms with Gasteiger partial charge in [0.25, 0.3) is 5.69 Å². The van der Waals surface area contributed by atoms with Gasteiger partial charge in [-0.2, -0.15) is 4.99 Å². The third-order valence-corrected chi connectivity index (χ3v) is 1.75. The van der Waals surface area contributed by atoms with E-state index in [1.54, 1.807) is 0 Å². The highest BCUT2D eigenvalue weighted by atomic mass is 19.2. The van der Waals surface area contributed by atoms with Gasteiger partial charge in [-0.1, -0.05) is 0 Å². The Morgan fingerprint density at radius 3 is 2.47 bits per heavy atom. The number of hydrogen-bond acceptors (Lipinski definition) is 5. The van der Waals surface area contributed by atoms with Crippen molar-refractivity contribution in [2.45, 2.75) is 0 Å². The van der Waals surface area contributed by atoms with Crippen LogP contribution in [-0.2, 0) is 4.79 Å². The lowest BCUT2D eigenvalue weighted by atomic mass is 10.1. The summed E-state index contributed by atoms with van der Waals surface area (Å²) in [4.78, 5) is 32.3. The largest absolute Gasteiger partial charge is 0.478 e. The Hall–Kier alpha value is -2.67. The Morgan fingerprint density at radius 2 is 2.06 bits per heavy atom. The van der Waals surface area contributed by atoms with Crippen LogP contribution >= 0.6 is 0 Å². The number of halogens is 2. The number of benzene rings is 1. The van der Waals surface area contributed by atoms with Crippen molar-refractivity contribution in [1.29, 1.82) is 0 Å². The van der Waals surface area contributed by atoms with Crippen molar-refractivity contribution in [2.24, 2.45) is 4.99 Å². The van der Waals surface area contributed by atoms with E-state index in [1.807, 2.05) is 0 Å². The molecule has 0 saturated heterocycles. The standard InChI is InChI=1S/C8H2F2N2O5/c9-5-3(8(14)15)1-4(12(16)17)7(6(5)10)11-2-13/h1H,(H,14,15). The maximum absolute atomic E-state index is 13.2. The Balaban J connectivity index is 3.74. The highest BCUT2D eigenvalue weighted by molar-refractivity contribution is 5.90. The first kappa shape index (κ1) is 12.4. The zero-order chi connectivity index (χ0) is 13.2. The van der Waals surface area contributed by atoms with Crippen LogP contribution < -0.4 is 0 Å². The number of nitrogens with zero attached hydrogens (tertiary/aromatic N) is 2. The van der Waals surface area contributed by atoms with E-state index in [2.05, 4.69) is 4.99 Å². The maximum Gasteiger partial charge on any atom is 0.339 e. The van der Waals surface area contributed by atoms with Crippen molar-refractivity contribution >= 4 is 23.4 Å². The van der Waals surface area contributed by atoms with E-state index in [9.17, 15) is 28.5 Å². The van der Waals surface area contributed by atoms with Gasteiger partial charge < -0.3 is 5.11 Å². The maximum atomic E-state index is 13.2. The average molecular weight is 244 g/mol. The molecular weight excluding hydrogens is 242 g/mol. The van der Waals surface area contributed by atoms with Crippen LogP contribution in [0.2, 0.25) is 0 Å². The van der Waals surface area contributed by atoms with Gasteiger partial charge >= 0.3 is 5.97 Å². The van der Waals surface area contributed by atoms with Crippen molar-refractivity contribution in [1.82, 2.24) is 0 Å². The van der Waals surface area contributed by atoms with E-state index in [0.717, 1.165) is 6.08 Å². The minimum atomic E-state index is -1.89. The fourth-order valence-corrected chi connectivity index (χ4v) is 1.05. The third kappa shape index (κ3) is 2.13. The first-order chi connectivity index (χ1) is 7.90. The highest BCUT2D eigenvalue weighted by Gasteiger charge is 2.28. The van der Waals surface area contributed by atoms with Gasteiger partial charge in [-0.25, -0.2) is 18.4 Å². The normalized spacial score (nSPS) is 9.53. The second-order valence-electron chi connectivity index (χ2n) is 2.69. The topological polar surface area (TPSA) is 110 Å². The molecule has 0 aliphatic carbocycles. The molecule has 0 spiro atoms. The van der Waals surface area contributed by atoms with Crippen molar-refractivity contribution in [3.8, 4) is 0 Å². The smallest absolute Gasteiger partial charge is 0.339 e. The Kier molecular flexibility index (Phi) is 3.25. The molecule has 1 N–H and O–H groups in total. The van der Waals surface area contributed by atoms with Crippen LogP contribution in [0.4, 0.5) is 20.2 Å². The van der Waals surface area contributed by atoms with E-state index < -0.39 is 39.5 Å². The number of hydrogen-bond donors (Lipinski definition) is 1. The molecule has 0 aliphatic rings. The van der Waals surface area contributed by atoms with E-state index in [-0.39, 0.29) is 6.07 Å². The zero-order valence-corrected chi connectivity index (χ0v) is 7.81. The van der Waals surface area contributed by atoms with Crippen LogP contribution in [0.3, 0.4) is 0 Å². The summed E-state index contributed by atoms with van der Waals surface area (Å²) in [5.74, 6) is -5.61. The summed E-state index contributed by atoms with van der Waals surface area (Å²) >= 11 is 0. The first-order valence-corrected chi connectivity index (χ1v) is 3.87. The molecular formula is C8H2F2N2O5. The molecule has 17 heavy (non-hydrogen) atoms. The minimum absolute atomic E-state index is 0.275. The summed E-state index contributed by atoms with van der Waals surface area (Å²) in [5, 5.41) is 18.9. The SMILES string of the molecule is O=C=Nc1c([N+](=O)[O-])cc(C(=O)O)c(F)c1F. The van der Waals surface area contributed by atoms with Crippen molar-refractivity contribution in [3.63, 3.8) is 0 Å². The number of carbonyl (C=O) groups is 1. The Labute approximate surface area is 91.2 Å². The lowest BCUT2D eigenvalue weighted by Crippen LogP contribution is -2.05. The van der Waals surface area contributed by atoms with Gasteiger partial charge in [-0.3, -0.25) is 10.1 Å². The molecule has 0 unspecified atom stereocenters. The van der Waals surface area contributed by atoms with Gasteiger partial charge in [0, 0.05) is 6.07 Å². The number of carboxylic acids is 1. The molecule has 1 rings (SSSR count). The summed E-state index contributed by atoms with van der Waals surface area (Å²) in [6.07, 6.45) is 0.812. The Bertz CT molecular complexity index is 566. The first-order valence-electron chi connectivity index (χ1n) is 3.87. The lowest BCUT2D eigenvalue weighted by molar-refractivity contribution is -0.384. The molecule has 0 amide bonds. The molecule has 88 valence electrons. The van der Waals surface area contributed by atoms with Crippen LogP contribution in [-0.4, -0.2) is 22.1 Å². The van der Waals surface area contributed by atoms with Gasteiger partial charge in [-0.05, 0) is 0 Å². The molecule has 0 fully saturated rings. The number of nitro benzene ring substituents is 1. The molecule has 9 heteroatoms. The summed E-state index contributed by atoms with van der Waals surface area (Å²) < 4.78 is 26.3. The molecule has 1 aromatic rings. The van der Waals surface area contributed by atoms with Gasteiger partial charge in [0.05, 0.1) is 4.92 Å². The van der Waals surface area contributed by atoms with Crippen LogP contribution in [0.15, 0.2) is 11.1 Å². The van der Waals surface area contributed by atoms with Crippen LogP contribution in [0, 0.1) is 21.7 Å². The summed E-state index contributed by atoms with van der Waals surface area (Å²) in [7, 11) is 0. The van der Waals surface area contributed by atoms with E-state index in [4.69, 9.17) is 5.11 Å². The van der Waals surface area contributed by atoms with Crippen LogP contribution in [0.25, 0.3) is 0 Å². The lowest BCUT2D eigenvalue weighted by Gasteiger charge is -2.02. The molecule has 1 aromatic carbocycles. The number of nitro groups is 1. The summed E-state index contributed by atoms with van der Waals surface area (Å²) in [6.45, 7) is 0. The molecule has 0 atom stereocenters. The number of aromatic carboxylic acids is 1. The monoisotopic (exact) mass is 244 g/mol. The molecule has 0 heterocycles. The van der Waals surface area contributed by atoms with Crippen molar-refractivity contribution in [2.75, 3.05) is 0 Å². The minimum Gasteiger partial charge on any atom is -0.478 e. The number of carbonyl (C=O) groups excluding carboxylic acids is 1. The number of carboxylic acid groups (broad SMARTS) is 1. The zero-order valence-electron chi connectivity index (χ0n) is 7.81. The van der Waals surface area contributed by atoms with Crippen molar-refractivity contribution < 1.29 is 28.4 Å². The summed E-state index contributed by atoms with van der Waals surface area (Å²) in [6, 6.07) is 0.275. The number of aliphatic imine (C=N–C) groups is 1. The molecule has 0 saturated carbocycles. The van der Waals surface area contributed by atoms with E-state index in [1.165, 1.54) is 0 Å². The Morgan fingerprint density at radius 1 is 1.47 bits per heavy atom. The third-order valence-electron chi connectivity index (χ3n) is 1.75. The molecule has 0 bridgehead atoms. The van der Waals surface area contributed by atoms with Gasteiger partial charge in [0.15, 0.2) is 17.3 Å². The second-order valence-corrected chi connectivity index (χ2v) is 2.69. The van der Waals surface area contributed by atoms with Gasteiger partial charge in [0.1, 0.15) is 5.56 Å². The van der Waals surface area contributed by atoms with Crippen LogP contribution in [0.1, 0.15) is 10.4 Å². The molecule has 0 aliphatic heterocycles. The highest BCUT2D eigenvalue weighted by Crippen LogP contribution is 2.33. The summed E-state index contributed by atoms with van der Waals surface area (Å²) in [5.41, 5.74) is -3.56. The molecule has 7 nitrogen and oxygen atoms in total. The fraction of sp³-hybridized carbons (Fsp3) is 0. The number of rotatable bonds is 3. The second kappa shape index (κ2) is 4.45.